The summed E-state index contributed by atoms with van der Waals surface area (Å²) >= 11 is 1.47. The van der Waals surface area contributed by atoms with E-state index in [0.717, 1.165) is 16.5 Å². The number of rotatable bonds is 16. The number of hydrogen-bond donors (Lipinski definition) is 7. The highest BCUT2D eigenvalue weighted by Gasteiger charge is 2.33. The fraction of sp³-hybridized carbons (Fsp3) is 0.419. The van der Waals surface area contributed by atoms with E-state index in [0.29, 0.717) is 17.7 Å². The number of carbonyl (C=O) groups excluding carboxylic acids is 3. The lowest BCUT2D eigenvalue weighted by Crippen LogP contribution is -2.59. The lowest BCUT2D eigenvalue weighted by Gasteiger charge is -2.28. The first-order valence-electron chi connectivity index (χ1n) is 14.2. The van der Waals surface area contributed by atoms with Gasteiger partial charge in [-0.25, -0.2) is 4.79 Å². The molecule has 5 unspecified atom stereocenters. The molecule has 0 saturated heterocycles. The van der Waals surface area contributed by atoms with Crippen molar-refractivity contribution in [3.05, 3.63) is 65.9 Å². The van der Waals surface area contributed by atoms with Crippen LogP contribution in [0.3, 0.4) is 0 Å². The van der Waals surface area contributed by atoms with Crippen LogP contribution in [0.5, 0.6) is 5.75 Å². The van der Waals surface area contributed by atoms with Crippen LogP contribution in [0.2, 0.25) is 0 Å². The van der Waals surface area contributed by atoms with Crippen LogP contribution in [0, 0.1) is 5.92 Å². The zero-order valence-electron chi connectivity index (χ0n) is 24.6. The minimum atomic E-state index is -1.15. The van der Waals surface area contributed by atoms with E-state index >= 15 is 0 Å². The third-order valence-corrected chi connectivity index (χ3v) is 8.12. The average Bonchev–Trinajstić information content (AvgIpc) is 3.40. The Labute approximate surface area is 255 Å². The van der Waals surface area contributed by atoms with Crippen molar-refractivity contribution in [2.24, 2.45) is 11.7 Å². The number of aromatic hydroxyl groups is 1. The number of nitrogens with two attached hydrogens (primary N) is 1. The van der Waals surface area contributed by atoms with Crippen molar-refractivity contribution in [2.45, 2.75) is 63.7 Å². The van der Waals surface area contributed by atoms with Crippen molar-refractivity contribution in [3.8, 4) is 5.75 Å². The number of para-hydroxylation sites is 1. The van der Waals surface area contributed by atoms with Gasteiger partial charge in [0.1, 0.15) is 23.9 Å². The molecular weight excluding hydrogens is 570 g/mol. The Hall–Kier alpha value is -4.03. The summed E-state index contributed by atoms with van der Waals surface area (Å²) in [6, 6.07) is 9.69. The van der Waals surface area contributed by atoms with Crippen LogP contribution in [-0.4, -0.2) is 75.1 Å². The molecule has 43 heavy (non-hydrogen) atoms. The van der Waals surface area contributed by atoms with Gasteiger partial charge in [-0.15, -0.1) is 0 Å². The number of aliphatic carboxylic acids is 1. The molecular formula is C31H41N5O6S. The quantitative estimate of drug-likeness (QED) is 0.129. The molecule has 0 aliphatic carbocycles. The fourth-order valence-electron chi connectivity index (χ4n) is 4.70. The molecule has 1 heterocycles. The molecule has 3 rings (SSSR count). The fourth-order valence-corrected chi connectivity index (χ4v) is 5.17. The van der Waals surface area contributed by atoms with Crippen molar-refractivity contribution < 1.29 is 29.4 Å². The van der Waals surface area contributed by atoms with E-state index in [1.54, 1.807) is 25.3 Å². The van der Waals surface area contributed by atoms with E-state index in [4.69, 9.17) is 5.73 Å². The summed E-state index contributed by atoms with van der Waals surface area (Å²) in [6.07, 6.45) is 4.71. The number of amides is 3. The molecule has 1 aromatic heterocycles. The number of phenolic OH excluding ortho intramolecular Hbond substituents is 1. The number of aromatic nitrogens is 1. The number of carboxylic acid groups (broad SMARTS) is 1. The lowest BCUT2D eigenvalue weighted by molar-refractivity contribution is -0.142. The maximum Gasteiger partial charge on any atom is 0.326 e. The molecule has 3 aromatic rings. The number of carbonyl (C=O) groups is 4. The van der Waals surface area contributed by atoms with Crippen molar-refractivity contribution in [1.82, 2.24) is 20.9 Å². The molecule has 0 aliphatic rings. The Bertz CT molecular complexity index is 1390. The highest BCUT2D eigenvalue weighted by Crippen LogP contribution is 2.19. The van der Waals surface area contributed by atoms with E-state index in [1.807, 2.05) is 37.4 Å². The van der Waals surface area contributed by atoms with E-state index < -0.39 is 47.9 Å². The van der Waals surface area contributed by atoms with Crippen LogP contribution in [0.1, 0.15) is 37.8 Å². The van der Waals surface area contributed by atoms with Gasteiger partial charge in [-0.05, 0) is 60.1 Å². The second-order valence-electron chi connectivity index (χ2n) is 10.7. The van der Waals surface area contributed by atoms with Crippen LogP contribution >= 0.6 is 11.8 Å². The van der Waals surface area contributed by atoms with Crippen LogP contribution in [0.4, 0.5) is 0 Å². The highest BCUT2D eigenvalue weighted by molar-refractivity contribution is 7.98. The molecule has 0 aliphatic heterocycles. The van der Waals surface area contributed by atoms with Crippen molar-refractivity contribution >= 4 is 46.4 Å². The van der Waals surface area contributed by atoms with Gasteiger partial charge >= 0.3 is 5.97 Å². The zero-order valence-corrected chi connectivity index (χ0v) is 25.4. The molecule has 0 spiro atoms. The number of benzene rings is 2. The molecule has 0 saturated carbocycles. The number of nitrogens with one attached hydrogen (secondary N) is 4. The molecule has 0 bridgehead atoms. The second-order valence-corrected chi connectivity index (χ2v) is 11.6. The standard InChI is InChI=1S/C31H41N5O6S/c1-4-18(2)27(30(40)34-25(31(41)42)13-14-43-3)36-29(39)26(15-19-9-11-21(37)12-10-19)35-28(38)23(32)16-20-17-33-24-8-6-5-7-22(20)24/h5-12,17-18,23,25-27,33,37H,4,13-16,32H2,1-3H3,(H,34,40)(H,35,38)(H,36,39)(H,41,42). The third-order valence-electron chi connectivity index (χ3n) is 7.48. The summed E-state index contributed by atoms with van der Waals surface area (Å²) in [4.78, 5) is 55.1. The summed E-state index contributed by atoms with van der Waals surface area (Å²) in [6.45, 7) is 3.64. The highest BCUT2D eigenvalue weighted by atomic mass is 32.2. The van der Waals surface area contributed by atoms with Gasteiger partial charge in [0.25, 0.3) is 0 Å². The zero-order chi connectivity index (χ0) is 31.5. The van der Waals surface area contributed by atoms with E-state index in [9.17, 15) is 29.4 Å². The Morgan fingerprint density at radius 3 is 2.26 bits per heavy atom. The smallest absolute Gasteiger partial charge is 0.326 e. The Balaban J connectivity index is 1.79. The van der Waals surface area contributed by atoms with Crippen molar-refractivity contribution in [1.29, 1.82) is 0 Å². The Kier molecular flexibility index (Phi) is 12.4. The van der Waals surface area contributed by atoms with E-state index in [2.05, 4.69) is 20.9 Å². The Morgan fingerprint density at radius 1 is 0.930 bits per heavy atom. The maximum absolute atomic E-state index is 13.7. The number of fused-ring (bicyclic) bond motifs is 1. The predicted octanol–water partition coefficient (Wildman–Crippen LogP) is 2.32. The first kappa shape index (κ1) is 33.5. The molecule has 11 nitrogen and oxygen atoms in total. The van der Waals surface area contributed by atoms with E-state index in [1.165, 1.54) is 23.9 Å². The predicted molar refractivity (Wildman–Crippen MR) is 168 cm³/mol. The summed E-state index contributed by atoms with van der Waals surface area (Å²) in [7, 11) is 0. The Morgan fingerprint density at radius 2 is 1.60 bits per heavy atom. The van der Waals surface area contributed by atoms with Gasteiger partial charge in [0.05, 0.1) is 6.04 Å². The molecule has 0 radical (unpaired) electrons. The first-order valence-corrected chi connectivity index (χ1v) is 15.6. The number of phenols is 1. The largest absolute Gasteiger partial charge is 0.508 e. The summed E-state index contributed by atoms with van der Waals surface area (Å²) in [5, 5.41) is 28.3. The molecule has 8 N–H and O–H groups in total. The molecule has 2 aromatic carbocycles. The van der Waals surface area contributed by atoms with Gasteiger partial charge in [-0.1, -0.05) is 50.6 Å². The summed E-state index contributed by atoms with van der Waals surface area (Å²) in [5.41, 5.74) is 8.74. The van der Waals surface area contributed by atoms with Gasteiger partial charge in [0, 0.05) is 23.5 Å². The normalized spacial score (nSPS) is 14.7. The lowest BCUT2D eigenvalue weighted by atomic mass is 9.96. The maximum atomic E-state index is 13.7. The van der Waals surface area contributed by atoms with E-state index in [-0.39, 0.29) is 30.9 Å². The van der Waals surface area contributed by atoms with Crippen molar-refractivity contribution in [2.75, 3.05) is 12.0 Å². The van der Waals surface area contributed by atoms with Gasteiger partial charge < -0.3 is 36.9 Å². The number of thioether (sulfide) groups is 1. The average molecular weight is 612 g/mol. The first-order chi connectivity index (χ1) is 20.5. The second kappa shape index (κ2) is 16.0. The molecule has 5 atom stereocenters. The monoisotopic (exact) mass is 611 g/mol. The molecule has 232 valence electrons. The minimum Gasteiger partial charge on any atom is -0.508 e. The number of H-pyrrole nitrogens is 1. The SMILES string of the molecule is CCC(C)C(NC(=O)C(Cc1ccc(O)cc1)NC(=O)C(N)Cc1c[nH]c2ccccc12)C(=O)NC(CCSC)C(=O)O. The van der Waals surface area contributed by atoms with Crippen LogP contribution < -0.4 is 21.7 Å². The summed E-state index contributed by atoms with van der Waals surface area (Å²) in [5.74, 6) is -2.66. The van der Waals surface area contributed by atoms with Gasteiger partial charge in [-0.2, -0.15) is 11.8 Å². The molecule has 3 amide bonds. The van der Waals surface area contributed by atoms with Crippen molar-refractivity contribution in [3.63, 3.8) is 0 Å². The summed E-state index contributed by atoms with van der Waals surface area (Å²) < 4.78 is 0. The van der Waals surface area contributed by atoms with Crippen LogP contribution in [0.15, 0.2) is 54.7 Å². The van der Waals surface area contributed by atoms with Gasteiger partial charge in [-0.3, -0.25) is 14.4 Å². The minimum absolute atomic E-state index is 0.0532. The molecule has 12 heteroatoms. The van der Waals surface area contributed by atoms with Gasteiger partial charge in [0.15, 0.2) is 0 Å². The third kappa shape index (κ3) is 9.48. The topological polar surface area (TPSA) is 187 Å². The molecule has 0 fully saturated rings. The number of hydrogen-bond acceptors (Lipinski definition) is 7. The van der Waals surface area contributed by atoms with Crippen LogP contribution in [0.25, 0.3) is 10.9 Å². The van der Waals surface area contributed by atoms with Crippen LogP contribution in [-0.2, 0) is 32.0 Å². The van der Waals surface area contributed by atoms with Gasteiger partial charge in [0.2, 0.25) is 17.7 Å². The number of aromatic amines is 1. The number of carboxylic acids is 1.